The molecule has 0 aliphatic heterocycles. The van der Waals surface area contributed by atoms with Crippen LogP contribution in [0, 0.1) is 0 Å². The maximum absolute atomic E-state index is 9.45. The highest BCUT2D eigenvalue weighted by atomic mass is 16.3. The minimum Gasteiger partial charge on any atom is -0.394 e. The zero-order chi connectivity index (χ0) is 14.1. The lowest BCUT2D eigenvalue weighted by molar-refractivity contribution is 0.0226. The summed E-state index contributed by atoms with van der Waals surface area (Å²) in [6, 6.07) is 0. The number of aliphatic hydroxyl groups excluding tert-OH is 4. The summed E-state index contributed by atoms with van der Waals surface area (Å²) in [7, 11) is 0. The first-order valence-corrected chi connectivity index (χ1v) is 6.41. The van der Waals surface area contributed by atoms with Gasteiger partial charge in [-0.2, -0.15) is 0 Å². The molecule has 4 N–H and O–H groups in total. The topological polar surface area (TPSA) is 102 Å². The first kappa shape index (κ1) is 16.1. The molecule has 2 unspecified atom stereocenters. The lowest BCUT2D eigenvalue weighted by Gasteiger charge is -2.26. The molecule has 0 aromatic carbocycles. The minimum absolute atomic E-state index is 0.275. The molecule has 2 atom stereocenters. The van der Waals surface area contributed by atoms with Crippen LogP contribution in [0.3, 0.4) is 0 Å². The Hall–Kier alpha value is -0.990. The van der Waals surface area contributed by atoms with Crippen molar-refractivity contribution in [2.75, 3.05) is 32.8 Å². The van der Waals surface area contributed by atoms with E-state index >= 15 is 0 Å². The van der Waals surface area contributed by atoms with Crippen molar-refractivity contribution >= 4 is 0 Å². The molecule has 0 spiro atoms. The monoisotopic (exact) mass is 273 g/mol. The molecule has 7 nitrogen and oxygen atoms in total. The summed E-state index contributed by atoms with van der Waals surface area (Å²) in [6.45, 7) is 1.38. The molecule has 1 heterocycles. The van der Waals surface area contributed by atoms with Gasteiger partial charge in [-0.15, -0.1) is 0 Å². The van der Waals surface area contributed by atoms with Gasteiger partial charge in [0.1, 0.15) is 0 Å². The summed E-state index contributed by atoms with van der Waals surface area (Å²) in [5.74, 6) is 0. The summed E-state index contributed by atoms with van der Waals surface area (Å²) in [4.78, 5) is 5.78. The van der Waals surface area contributed by atoms with Crippen LogP contribution in [0.1, 0.15) is 6.42 Å². The van der Waals surface area contributed by atoms with E-state index in [1.807, 2.05) is 15.7 Å². The van der Waals surface area contributed by atoms with Crippen LogP contribution in [0.4, 0.5) is 0 Å². The van der Waals surface area contributed by atoms with Crippen LogP contribution in [-0.2, 0) is 6.54 Å². The van der Waals surface area contributed by atoms with Gasteiger partial charge in [-0.1, -0.05) is 0 Å². The van der Waals surface area contributed by atoms with E-state index < -0.39 is 12.2 Å². The van der Waals surface area contributed by atoms with E-state index in [-0.39, 0.29) is 26.3 Å². The smallest absolute Gasteiger partial charge is 0.0945 e. The van der Waals surface area contributed by atoms with Gasteiger partial charge in [0.25, 0.3) is 0 Å². The van der Waals surface area contributed by atoms with E-state index in [1.165, 1.54) is 0 Å². The van der Waals surface area contributed by atoms with Gasteiger partial charge < -0.3 is 25.0 Å². The lowest BCUT2D eigenvalue weighted by atomic mass is 10.2. The number of hydrogen-bond acceptors (Lipinski definition) is 6. The Morgan fingerprint density at radius 3 is 2.21 bits per heavy atom. The predicted molar refractivity (Wildman–Crippen MR) is 69.5 cm³/mol. The standard InChI is InChI=1S/C12H23N3O4/c16-8-11(18)6-15(7-12(19)9-17)4-1-3-14-5-2-13-10-14/h2,5,10-12,16-19H,1,3-4,6-9H2. The first-order valence-electron chi connectivity index (χ1n) is 6.41. The summed E-state index contributed by atoms with van der Waals surface area (Å²) in [5.41, 5.74) is 0. The highest BCUT2D eigenvalue weighted by Crippen LogP contribution is 2.00. The second-order valence-corrected chi connectivity index (χ2v) is 4.59. The van der Waals surface area contributed by atoms with Gasteiger partial charge in [-0.05, 0) is 6.42 Å². The van der Waals surface area contributed by atoms with Crippen molar-refractivity contribution in [2.24, 2.45) is 0 Å². The fourth-order valence-electron chi connectivity index (χ4n) is 1.86. The van der Waals surface area contributed by atoms with Crippen LogP contribution in [0.25, 0.3) is 0 Å². The van der Waals surface area contributed by atoms with Crippen LogP contribution < -0.4 is 0 Å². The normalized spacial score (nSPS) is 14.8. The molecule has 1 aromatic heterocycles. The van der Waals surface area contributed by atoms with Crippen molar-refractivity contribution in [3.63, 3.8) is 0 Å². The number of hydrogen-bond donors (Lipinski definition) is 4. The fourth-order valence-corrected chi connectivity index (χ4v) is 1.86. The van der Waals surface area contributed by atoms with Crippen LogP contribution >= 0.6 is 0 Å². The largest absolute Gasteiger partial charge is 0.394 e. The van der Waals surface area contributed by atoms with Gasteiger partial charge in [0.05, 0.1) is 31.7 Å². The van der Waals surface area contributed by atoms with Crippen LogP contribution in [0.5, 0.6) is 0 Å². The second-order valence-electron chi connectivity index (χ2n) is 4.59. The Balaban J connectivity index is 2.34. The molecule has 7 heteroatoms. The van der Waals surface area contributed by atoms with E-state index in [1.54, 1.807) is 12.5 Å². The highest BCUT2D eigenvalue weighted by Gasteiger charge is 2.14. The molecule has 19 heavy (non-hydrogen) atoms. The molecule has 0 bridgehead atoms. The van der Waals surface area contributed by atoms with Crippen LogP contribution in [0.2, 0.25) is 0 Å². The Bertz CT molecular complexity index is 309. The zero-order valence-corrected chi connectivity index (χ0v) is 11.0. The van der Waals surface area contributed by atoms with Crippen molar-refractivity contribution in [2.45, 2.75) is 25.2 Å². The third-order valence-corrected chi connectivity index (χ3v) is 2.81. The van der Waals surface area contributed by atoms with E-state index in [0.717, 1.165) is 13.0 Å². The molecule has 0 fully saturated rings. The third-order valence-electron chi connectivity index (χ3n) is 2.81. The Labute approximate surface area is 112 Å². The van der Waals surface area contributed by atoms with Crippen LogP contribution in [-0.4, -0.2) is 79.9 Å². The fraction of sp³-hybridized carbons (Fsp3) is 0.750. The van der Waals surface area contributed by atoms with E-state index in [0.29, 0.717) is 6.54 Å². The molecule has 0 saturated carbocycles. The zero-order valence-electron chi connectivity index (χ0n) is 11.0. The average molecular weight is 273 g/mol. The first-order chi connectivity index (χ1) is 9.15. The van der Waals surface area contributed by atoms with Crippen molar-refractivity contribution in [1.82, 2.24) is 14.5 Å². The predicted octanol–water partition coefficient (Wildman–Crippen LogP) is -1.72. The molecule has 0 radical (unpaired) electrons. The maximum Gasteiger partial charge on any atom is 0.0945 e. The Kier molecular flexibility index (Phi) is 7.61. The maximum atomic E-state index is 9.45. The summed E-state index contributed by atoms with van der Waals surface area (Å²) >= 11 is 0. The SMILES string of the molecule is OCC(O)CN(CCCn1ccnc1)CC(O)CO. The quantitative estimate of drug-likeness (QED) is 0.404. The van der Waals surface area contributed by atoms with Gasteiger partial charge in [0.2, 0.25) is 0 Å². The molecule has 0 aliphatic rings. The van der Waals surface area contributed by atoms with Crippen molar-refractivity contribution < 1.29 is 20.4 Å². The van der Waals surface area contributed by atoms with Crippen molar-refractivity contribution in [1.29, 1.82) is 0 Å². The number of nitrogens with zero attached hydrogens (tertiary/aromatic N) is 3. The van der Waals surface area contributed by atoms with Gasteiger partial charge >= 0.3 is 0 Å². The van der Waals surface area contributed by atoms with Gasteiger partial charge in [0.15, 0.2) is 0 Å². The molecular weight excluding hydrogens is 250 g/mol. The van der Waals surface area contributed by atoms with E-state index in [4.69, 9.17) is 10.2 Å². The number of aryl methyl sites for hydroxylation is 1. The van der Waals surface area contributed by atoms with Crippen LogP contribution in [0.15, 0.2) is 18.7 Å². The molecule has 1 aromatic rings. The van der Waals surface area contributed by atoms with E-state index in [9.17, 15) is 10.2 Å². The number of aliphatic hydroxyl groups is 4. The highest BCUT2D eigenvalue weighted by molar-refractivity contribution is 4.74. The van der Waals surface area contributed by atoms with Gasteiger partial charge in [-0.3, -0.25) is 4.90 Å². The minimum atomic E-state index is -0.834. The summed E-state index contributed by atoms with van der Waals surface area (Å²) in [5, 5.41) is 36.6. The number of imidazole rings is 1. The average Bonchev–Trinajstić information content (AvgIpc) is 2.91. The lowest BCUT2D eigenvalue weighted by Crippen LogP contribution is -2.41. The number of rotatable bonds is 10. The Morgan fingerprint density at radius 2 is 1.74 bits per heavy atom. The summed E-state index contributed by atoms with van der Waals surface area (Å²) in [6.07, 6.45) is 4.47. The number of aromatic nitrogens is 2. The molecular formula is C12H23N3O4. The van der Waals surface area contributed by atoms with Gasteiger partial charge in [-0.25, -0.2) is 4.98 Å². The molecule has 0 saturated heterocycles. The van der Waals surface area contributed by atoms with Crippen molar-refractivity contribution in [3.05, 3.63) is 18.7 Å². The molecule has 0 aliphatic carbocycles. The molecule has 0 amide bonds. The second kappa shape index (κ2) is 9.00. The van der Waals surface area contributed by atoms with E-state index in [2.05, 4.69) is 4.98 Å². The van der Waals surface area contributed by atoms with Gasteiger partial charge in [0, 0.05) is 38.6 Å². The molecule has 110 valence electrons. The molecule has 1 rings (SSSR count). The van der Waals surface area contributed by atoms with Crippen molar-refractivity contribution in [3.8, 4) is 0 Å². The summed E-state index contributed by atoms with van der Waals surface area (Å²) < 4.78 is 1.95. The Morgan fingerprint density at radius 1 is 1.11 bits per heavy atom. The third kappa shape index (κ3) is 6.65.